The standard InChI is InChI=1S/C33H27N3O4/c1-18-24-17-36(29-15-27(38)21-7-3-5-9-23(21)33(18,24)29)31(40)25(34)10-11-30(39)35-16-19-12-13-32(19)22-8-4-2-6-20(22)26(37)14-28(32)35/h2-9,14-15,18-19,24-25H,10-11,16-17,34H2,1H3/t18-,19-,24+,25+,32-,33+/m1/s1. The summed E-state index contributed by atoms with van der Waals surface area (Å²) in [4.78, 5) is 56.2. The second-order valence-electron chi connectivity index (χ2n) is 11.9. The highest BCUT2D eigenvalue weighted by Gasteiger charge is 2.72. The number of carbonyl (C=O) groups excluding carboxylic acids is 4. The highest BCUT2D eigenvalue weighted by molar-refractivity contribution is 6.10. The molecule has 2 spiro atoms. The van der Waals surface area contributed by atoms with Crippen LogP contribution in [0.2, 0.25) is 0 Å². The van der Waals surface area contributed by atoms with Crippen molar-refractivity contribution in [3.63, 3.8) is 0 Å². The van der Waals surface area contributed by atoms with Crippen LogP contribution in [0.25, 0.3) is 0 Å². The molecule has 7 heteroatoms. The number of carbonyl (C=O) groups is 4. The number of likely N-dealkylation sites (tertiary alicyclic amines) is 2. The van der Waals surface area contributed by atoms with Gasteiger partial charge in [-0.05, 0) is 29.4 Å². The second-order valence-corrected chi connectivity index (χ2v) is 11.9. The first-order valence-corrected chi connectivity index (χ1v) is 13.9. The van der Waals surface area contributed by atoms with Gasteiger partial charge in [-0.25, -0.2) is 0 Å². The van der Waals surface area contributed by atoms with E-state index in [0.29, 0.717) is 35.8 Å². The first kappa shape index (κ1) is 23.6. The molecule has 2 heterocycles. The summed E-state index contributed by atoms with van der Waals surface area (Å²) in [5.74, 6) is 6.36. The summed E-state index contributed by atoms with van der Waals surface area (Å²) < 4.78 is 0. The number of hydrogen-bond donors (Lipinski definition) is 1. The summed E-state index contributed by atoms with van der Waals surface area (Å²) in [6, 6.07) is 14.3. The van der Waals surface area contributed by atoms with Crippen molar-refractivity contribution < 1.29 is 19.2 Å². The number of hydrogen-bond acceptors (Lipinski definition) is 5. The maximum Gasteiger partial charge on any atom is 0.243 e. The lowest BCUT2D eigenvalue weighted by Gasteiger charge is -2.38. The molecule has 0 radical (unpaired) electrons. The van der Waals surface area contributed by atoms with Crippen molar-refractivity contribution in [1.29, 1.82) is 0 Å². The number of nitrogens with zero attached hydrogens (tertiary/aromatic N) is 2. The molecule has 4 aliphatic carbocycles. The normalized spacial score (nSPS) is 32.1. The molecule has 2 aromatic carbocycles. The Morgan fingerprint density at radius 3 is 2.30 bits per heavy atom. The Kier molecular flexibility index (Phi) is 4.53. The van der Waals surface area contributed by atoms with Gasteiger partial charge in [0, 0.05) is 59.6 Å². The fourth-order valence-electron chi connectivity index (χ4n) is 8.18. The fraction of sp³-hybridized carbons (Fsp3) is 0.333. The molecule has 2 saturated heterocycles. The van der Waals surface area contributed by atoms with E-state index in [1.165, 1.54) is 0 Å². The molecule has 0 unspecified atom stereocenters. The van der Waals surface area contributed by atoms with E-state index in [1.807, 2.05) is 48.5 Å². The predicted octanol–water partition coefficient (Wildman–Crippen LogP) is 2.71. The van der Waals surface area contributed by atoms with Crippen LogP contribution in [-0.2, 0) is 20.4 Å². The van der Waals surface area contributed by atoms with E-state index >= 15 is 0 Å². The Hall–Kier alpha value is -4.28. The average Bonchev–Trinajstić information content (AvgIpc) is 3.24. The highest BCUT2D eigenvalue weighted by Crippen LogP contribution is 2.70. The van der Waals surface area contributed by atoms with Crippen LogP contribution in [0, 0.1) is 29.6 Å². The Bertz CT molecular complexity index is 1730. The van der Waals surface area contributed by atoms with Gasteiger partial charge in [-0.3, -0.25) is 19.2 Å². The number of piperidine rings is 1. The van der Waals surface area contributed by atoms with E-state index in [2.05, 4.69) is 18.8 Å². The van der Waals surface area contributed by atoms with E-state index in [1.54, 1.807) is 22.0 Å². The molecule has 6 atom stereocenters. The van der Waals surface area contributed by atoms with Gasteiger partial charge in [0.1, 0.15) is 5.41 Å². The van der Waals surface area contributed by atoms with Gasteiger partial charge in [0.15, 0.2) is 11.6 Å². The lowest BCUT2D eigenvalue weighted by molar-refractivity contribution is -0.131. The van der Waals surface area contributed by atoms with Gasteiger partial charge in [-0.2, -0.15) is 0 Å². The number of nitrogens with two attached hydrogens (primary N) is 1. The summed E-state index contributed by atoms with van der Waals surface area (Å²) in [5.41, 5.74) is 10.1. The Balaban J connectivity index is 0.996. The van der Waals surface area contributed by atoms with Crippen LogP contribution in [0.4, 0.5) is 0 Å². The van der Waals surface area contributed by atoms with Crippen LogP contribution < -0.4 is 5.73 Å². The second kappa shape index (κ2) is 7.67. The zero-order valence-corrected chi connectivity index (χ0v) is 22.0. The molecule has 2 aliphatic heterocycles. The van der Waals surface area contributed by atoms with Crippen molar-refractivity contribution in [2.45, 2.75) is 36.6 Å². The zero-order chi connectivity index (χ0) is 27.6. The van der Waals surface area contributed by atoms with Crippen LogP contribution in [-0.4, -0.2) is 52.3 Å². The van der Waals surface area contributed by atoms with Crippen LogP contribution in [0.5, 0.6) is 0 Å². The van der Waals surface area contributed by atoms with Crippen molar-refractivity contribution in [2.24, 2.45) is 23.5 Å². The molecular weight excluding hydrogens is 502 g/mol. The third-order valence-electron chi connectivity index (χ3n) is 10.3. The van der Waals surface area contributed by atoms with E-state index in [4.69, 9.17) is 5.73 Å². The van der Waals surface area contributed by atoms with Gasteiger partial charge in [0.05, 0.1) is 12.0 Å². The minimum atomic E-state index is -0.880. The van der Waals surface area contributed by atoms with E-state index in [9.17, 15) is 19.2 Å². The number of allylic oxidation sites excluding steroid dienone is 4. The monoisotopic (exact) mass is 529 g/mol. The summed E-state index contributed by atoms with van der Waals surface area (Å²) in [6.07, 6.45) is 3.42. The SMILES string of the molecule is C[C@@H]1[C@@H]2CN(C(=O)[C@@H](N)CCC(=O)N3C[C@H]4C#C[C@@]45C3=CC(=O)c3ccccc35)C3=CC(=O)c4ccccc4[C@@]312. The molecule has 198 valence electrons. The highest BCUT2D eigenvalue weighted by atomic mass is 16.2. The largest absolute Gasteiger partial charge is 0.320 e. The number of fused-ring (bicyclic) bond motifs is 2. The van der Waals surface area contributed by atoms with Crippen LogP contribution in [0.1, 0.15) is 51.6 Å². The van der Waals surface area contributed by atoms with Gasteiger partial charge in [0.25, 0.3) is 0 Å². The average molecular weight is 530 g/mol. The number of ketones is 2. The van der Waals surface area contributed by atoms with Crippen LogP contribution in [0.15, 0.2) is 72.1 Å². The van der Waals surface area contributed by atoms with Gasteiger partial charge in [-0.1, -0.05) is 67.3 Å². The number of rotatable bonds is 4. The molecule has 6 aliphatic rings. The molecule has 2 amide bonds. The van der Waals surface area contributed by atoms with Crippen molar-refractivity contribution in [1.82, 2.24) is 9.80 Å². The summed E-state index contributed by atoms with van der Waals surface area (Å²) >= 11 is 0. The number of amides is 2. The predicted molar refractivity (Wildman–Crippen MR) is 146 cm³/mol. The molecule has 7 nitrogen and oxygen atoms in total. The van der Waals surface area contributed by atoms with E-state index < -0.39 is 11.5 Å². The first-order chi connectivity index (χ1) is 19.3. The molecule has 1 saturated carbocycles. The van der Waals surface area contributed by atoms with Crippen LogP contribution in [0.3, 0.4) is 0 Å². The minimum Gasteiger partial charge on any atom is -0.320 e. The molecule has 3 fully saturated rings. The molecule has 2 aromatic rings. The van der Waals surface area contributed by atoms with Gasteiger partial charge in [-0.15, -0.1) is 0 Å². The third-order valence-corrected chi connectivity index (χ3v) is 10.3. The van der Waals surface area contributed by atoms with E-state index in [-0.39, 0.29) is 53.5 Å². The summed E-state index contributed by atoms with van der Waals surface area (Å²) in [7, 11) is 0. The summed E-state index contributed by atoms with van der Waals surface area (Å²) in [5, 5.41) is 0. The molecule has 8 rings (SSSR count). The lowest BCUT2D eigenvalue weighted by atomic mass is 9.62. The van der Waals surface area contributed by atoms with Gasteiger partial charge < -0.3 is 15.5 Å². The number of benzene rings is 2. The quantitative estimate of drug-likeness (QED) is 0.614. The van der Waals surface area contributed by atoms with Gasteiger partial charge in [0.2, 0.25) is 11.8 Å². The van der Waals surface area contributed by atoms with E-state index in [0.717, 1.165) is 16.8 Å². The molecular formula is C33H27N3O4. The fourth-order valence-corrected chi connectivity index (χ4v) is 8.18. The van der Waals surface area contributed by atoms with Crippen molar-refractivity contribution in [2.75, 3.05) is 13.1 Å². The molecule has 2 N–H and O–H groups in total. The lowest BCUT2D eigenvalue weighted by Crippen LogP contribution is -2.45. The van der Waals surface area contributed by atoms with Crippen LogP contribution >= 0.6 is 0 Å². The Morgan fingerprint density at radius 1 is 0.950 bits per heavy atom. The zero-order valence-electron chi connectivity index (χ0n) is 22.0. The summed E-state index contributed by atoms with van der Waals surface area (Å²) in [6.45, 7) is 3.12. The Morgan fingerprint density at radius 2 is 1.60 bits per heavy atom. The van der Waals surface area contributed by atoms with Crippen molar-refractivity contribution in [3.8, 4) is 11.8 Å². The minimum absolute atomic E-state index is 0.0552. The smallest absolute Gasteiger partial charge is 0.243 e. The van der Waals surface area contributed by atoms with Crippen molar-refractivity contribution in [3.05, 3.63) is 94.3 Å². The molecule has 40 heavy (non-hydrogen) atoms. The molecule has 0 aromatic heterocycles. The maximum absolute atomic E-state index is 13.6. The first-order valence-electron chi connectivity index (χ1n) is 13.9. The molecule has 0 bridgehead atoms. The van der Waals surface area contributed by atoms with Crippen molar-refractivity contribution >= 4 is 23.4 Å². The topological polar surface area (TPSA) is 101 Å². The Labute approximate surface area is 231 Å². The van der Waals surface area contributed by atoms with Gasteiger partial charge >= 0.3 is 0 Å². The third kappa shape index (κ3) is 2.65. The maximum atomic E-state index is 13.6.